The Labute approximate surface area is 172 Å². The Bertz CT molecular complexity index is 900. The predicted octanol–water partition coefficient (Wildman–Crippen LogP) is 3.73. The number of amides is 1. The number of rotatable bonds is 2. The van der Waals surface area contributed by atoms with Gasteiger partial charge in [0.25, 0.3) is 5.91 Å². The van der Waals surface area contributed by atoms with E-state index in [0.717, 1.165) is 67.6 Å². The fourth-order valence-corrected chi connectivity index (χ4v) is 5.75. The van der Waals surface area contributed by atoms with Crippen LogP contribution in [0.25, 0.3) is 0 Å². The summed E-state index contributed by atoms with van der Waals surface area (Å²) in [5, 5.41) is 15.1. The number of benzene rings is 1. The summed E-state index contributed by atoms with van der Waals surface area (Å²) in [4.78, 5) is 20.2. The quantitative estimate of drug-likeness (QED) is 0.819. The van der Waals surface area contributed by atoms with Gasteiger partial charge in [-0.3, -0.25) is 4.79 Å². The maximum Gasteiger partial charge on any atom is 0.254 e. The summed E-state index contributed by atoms with van der Waals surface area (Å²) < 4.78 is 0. The number of fused-ring (bicyclic) bond motifs is 2. The van der Waals surface area contributed by atoms with Crippen LogP contribution in [0.2, 0.25) is 0 Å². The zero-order valence-electron chi connectivity index (χ0n) is 16.8. The van der Waals surface area contributed by atoms with Crippen LogP contribution in [0.15, 0.2) is 42.6 Å². The summed E-state index contributed by atoms with van der Waals surface area (Å²) in [5.41, 5.74) is 1.99. The van der Waals surface area contributed by atoms with Gasteiger partial charge in [-0.2, -0.15) is 0 Å². The summed E-state index contributed by atoms with van der Waals surface area (Å²) in [5.74, 6) is 1.06. The Morgan fingerprint density at radius 3 is 2.83 bits per heavy atom. The van der Waals surface area contributed by atoms with Gasteiger partial charge in [0.05, 0.1) is 5.60 Å². The van der Waals surface area contributed by atoms with Crippen LogP contribution >= 0.6 is 0 Å². The van der Waals surface area contributed by atoms with Gasteiger partial charge in [-0.1, -0.05) is 43.2 Å². The second kappa shape index (κ2) is 7.45. The van der Waals surface area contributed by atoms with Crippen LogP contribution in [0.1, 0.15) is 60.0 Å². The molecule has 2 N–H and O–H groups in total. The van der Waals surface area contributed by atoms with Gasteiger partial charge < -0.3 is 15.3 Å². The van der Waals surface area contributed by atoms with E-state index in [1.807, 2.05) is 36.4 Å². The number of nitrogens with one attached hydrogen (secondary N) is 1. The van der Waals surface area contributed by atoms with E-state index in [9.17, 15) is 9.90 Å². The molecule has 2 aromatic rings. The van der Waals surface area contributed by atoms with Crippen molar-refractivity contribution in [2.75, 3.05) is 18.4 Å². The topological polar surface area (TPSA) is 65.5 Å². The van der Waals surface area contributed by atoms with Crippen molar-refractivity contribution in [1.82, 2.24) is 9.88 Å². The zero-order chi connectivity index (χ0) is 19.8. The number of anilines is 1. The van der Waals surface area contributed by atoms with Crippen molar-refractivity contribution in [3.8, 4) is 0 Å². The molecule has 3 unspecified atom stereocenters. The highest BCUT2D eigenvalue weighted by Crippen LogP contribution is 2.47. The lowest BCUT2D eigenvalue weighted by molar-refractivity contribution is -0.110. The zero-order valence-corrected chi connectivity index (χ0v) is 16.8. The molecule has 1 aromatic carbocycles. The van der Waals surface area contributed by atoms with Crippen molar-refractivity contribution in [3.05, 3.63) is 59.3 Å². The molecule has 2 aliphatic heterocycles. The maximum absolute atomic E-state index is 13.7. The molecule has 152 valence electrons. The standard InChI is InChI=1S/C24H29N3O2/c28-23(19-12-15-26-22-18(19)9-6-14-25-22)27-16-13-24(29,17-7-2-1-3-8-17)20-10-4-5-11-21(20)27/h1-3,7-8,12,15,20-21,29H,4-6,9-11,13-14,16H2,(H,25,26). The molecule has 1 saturated carbocycles. The third-order valence-electron chi connectivity index (χ3n) is 7.19. The van der Waals surface area contributed by atoms with Gasteiger partial charge in [-0.25, -0.2) is 4.98 Å². The fraction of sp³-hybridized carbons (Fsp3) is 0.500. The minimum Gasteiger partial charge on any atom is -0.385 e. The van der Waals surface area contributed by atoms with Gasteiger partial charge in [-0.15, -0.1) is 0 Å². The molecule has 0 bridgehead atoms. The number of pyridine rings is 1. The van der Waals surface area contributed by atoms with Crippen LogP contribution in [0, 0.1) is 5.92 Å². The van der Waals surface area contributed by atoms with Crippen molar-refractivity contribution in [2.45, 2.75) is 56.6 Å². The average molecular weight is 392 g/mol. The van der Waals surface area contributed by atoms with E-state index in [0.29, 0.717) is 13.0 Å². The Hall–Kier alpha value is -2.40. The van der Waals surface area contributed by atoms with Crippen molar-refractivity contribution in [1.29, 1.82) is 0 Å². The Morgan fingerprint density at radius 2 is 1.97 bits per heavy atom. The number of nitrogens with zero attached hydrogens (tertiary/aromatic N) is 2. The van der Waals surface area contributed by atoms with Crippen molar-refractivity contribution in [2.24, 2.45) is 5.92 Å². The van der Waals surface area contributed by atoms with Gasteiger partial charge in [0, 0.05) is 42.4 Å². The van der Waals surface area contributed by atoms with Gasteiger partial charge in [-0.05, 0) is 43.7 Å². The molecule has 1 amide bonds. The molecular formula is C24H29N3O2. The van der Waals surface area contributed by atoms with Crippen molar-refractivity contribution < 1.29 is 9.90 Å². The van der Waals surface area contributed by atoms with Crippen LogP contribution in [-0.2, 0) is 12.0 Å². The SMILES string of the molecule is O=C(c1ccnc2c1CCCN2)N1CCC(O)(c2ccccc2)C2CCCCC21. The van der Waals surface area contributed by atoms with Crippen molar-refractivity contribution in [3.63, 3.8) is 0 Å². The van der Waals surface area contributed by atoms with E-state index in [4.69, 9.17) is 0 Å². The van der Waals surface area contributed by atoms with E-state index in [1.165, 1.54) is 0 Å². The second-order valence-electron chi connectivity index (χ2n) is 8.71. The largest absolute Gasteiger partial charge is 0.385 e. The second-order valence-corrected chi connectivity index (χ2v) is 8.71. The van der Waals surface area contributed by atoms with Crippen LogP contribution < -0.4 is 5.32 Å². The minimum atomic E-state index is -0.845. The molecule has 2 fully saturated rings. The Morgan fingerprint density at radius 1 is 1.14 bits per heavy atom. The van der Waals surface area contributed by atoms with Gasteiger partial charge in [0.1, 0.15) is 5.82 Å². The molecule has 5 nitrogen and oxygen atoms in total. The van der Waals surface area contributed by atoms with Crippen LogP contribution in [0.5, 0.6) is 0 Å². The highest BCUT2D eigenvalue weighted by molar-refractivity contribution is 5.97. The molecule has 0 spiro atoms. The first-order valence-corrected chi connectivity index (χ1v) is 11.0. The van der Waals surface area contributed by atoms with Crippen LogP contribution in [-0.4, -0.2) is 40.0 Å². The van der Waals surface area contributed by atoms with Crippen LogP contribution in [0.3, 0.4) is 0 Å². The first-order valence-electron chi connectivity index (χ1n) is 11.0. The number of aromatic nitrogens is 1. The number of carbonyl (C=O) groups excluding carboxylic acids is 1. The summed E-state index contributed by atoms with van der Waals surface area (Å²) in [6.45, 7) is 1.51. The average Bonchev–Trinajstić information content (AvgIpc) is 2.79. The molecule has 1 saturated heterocycles. The van der Waals surface area contributed by atoms with E-state index >= 15 is 0 Å². The summed E-state index contributed by atoms with van der Waals surface area (Å²) in [6.07, 6.45) is 8.43. The lowest BCUT2D eigenvalue weighted by Crippen LogP contribution is -2.59. The molecular weight excluding hydrogens is 362 g/mol. The van der Waals surface area contributed by atoms with E-state index in [-0.39, 0.29) is 17.9 Å². The molecule has 1 aliphatic carbocycles. The lowest BCUT2D eigenvalue weighted by atomic mass is 9.66. The number of piperidine rings is 1. The first kappa shape index (κ1) is 18.6. The summed E-state index contributed by atoms with van der Waals surface area (Å²) >= 11 is 0. The molecule has 3 atom stereocenters. The Balaban J connectivity index is 1.48. The highest BCUT2D eigenvalue weighted by Gasteiger charge is 2.50. The van der Waals surface area contributed by atoms with Crippen LogP contribution in [0.4, 0.5) is 5.82 Å². The molecule has 3 aliphatic rings. The lowest BCUT2D eigenvalue weighted by Gasteiger charge is -2.52. The number of likely N-dealkylation sites (tertiary alicyclic amines) is 1. The van der Waals surface area contributed by atoms with Gasteiger partial charge in [0.15, 0.2) is 0 Å². The molecule has 29 heavy (non-hydrogen) atoms. The van der Waals surface area contributed by atoms with E-state index in [2.05, 4.69) is 15.2 Å². The van der Waals surface area contributed by atoms with E-state index < -0.39 is 5.60 Å². The van der Waals surface area contributed by atoms with Crippen molar-refractivity contribution >= 4 is 11.7 Å². The maximum atomic E-state index is 13.7. The normalized spacial score (nSPS) is 28.8. The van der Waals surface area contributed by atoms with Gasteiger partial charge in [0.2, 0.25) is 0 Å². The molecule has 5 rings (SSSR count). The molecule has 5 heteroatoms. The minimum absolute atomic E-state index is 0.0899. The fourth-order valence-electron chi connectivity index (χ4n) is 5.75. The monoisotopic (exact) mass is 391 g/mol. The van der Waals surface area contributed by atoms with E-state index in [1.54, 1.807) is 6.20 Å². The molecule has 0 radical (unpaired) electrons. The number of carbonyl (C=O) groups is 1. The first-order chi connectivity index (χ1) is 14.2. The predicted molar refractivity (Wildman–Crippen MR) is 113 cm³/mol. The summed E-state index contributed by atoms with van der Waals surface area (Å²) in [6, 6.07) is 12.0. The number of hydrogen-bond acceptors (Lipinski definition) is 4. The summed E-state index contributed by atoms with van der Waals surface area (Å²) in [7, 11) is 0. The number of aliphatic hydroxyl groups is 1. The number of hydrogen-bond donors (Lipinski definition) is 2. The smallest absolute Gasteiger partial charge is 0.254 e. The van der Waals surface area contributed by atoms with Gasteiger partial charge >= 0.3 is 0 Å². The highest BCUT2D eigenvalue weighted by atomic mass is 16.3. The molecule has 1 aromatic heterocycles. The Kier molecular flexibility index (Phi) is 4.78. The molecule has 3 heterocycles. The third kappa shape index (κ3) is 3.12. The third-order valence-corrected chi connectivity index (χ3v) is 7.19.